The van der Waals surface area contributed by atoms with E-state index in [1.54, 1.807) is 0 Å². The fraction of sp³-hybridized carbons (Fsp3) is 0.857. The third-order valence-electron chi connectivity index (χ3n) is 5.37. The zero-order valence-electron chi connectivity index (χ0n) is 10.6. The van der Waals surface area contributed by atoms with E-state index >= 15 is 0 Å². The van der Waals surface area contributed by atoms with Crippen molar-refractivity contribution in [2.75, 3.05) is 0 Å². The van der Waals surface area contributed by atoms with Crippen LogP contribution in [0, 0.1) is 23.2 Å². The van der Waals surface area contributed by atoms with Crippen molar-refractivity contribution in [3.05, 3.63) is 0 Å². The van der Waals surface area contributed by atoms with Crippen LogP contribution in [0.5, 0.6) is 0 Å². The van der Waals surface area contributed by atoms with Gasteiger partial charge >= 0.3 is 5.97 Å². The quantitative estimate of drug-likeness (QED) is 0.732. The third-order valence-corrected chi connectivity index (χ3v) is 5.37. The summed E-state index contributed by atoms with van der Waals surface area (Å²) >= 11 is 0. The Balaban J connectivity index is 1.74. The van der Waals surface area contributed by atoms with Crippen molar-refractivity contribution in [2.24, 2.45) is 23.2 Å². The molecule has 4 heteroatoms. The van der Waals surface area contributed by atoms with Crippen molar-refractivity contribution in [2.45, 2.75) is 51.0 Å². The fourth-order valence-corrected chi connectivity index (χ4v) is 5.27. The zero-order valence-corrected chi connectivity index (χ0v) is 10.6. The summed E-state index contributed by atoms with van der Waals surface area (Å²) in [7, 11) is 0. The minimum Gasteiger partial charge on any atom is -0.480 e. The van der Waals surface area contributed by atoms with E-state index in [4.69, 9.17) is 0 Å². The molecule has 0 spiro atoms. The lowest BCUT2D eigenvalue weighted by molar-refractivity contribution is -0.143. The summed E-state index contributed by atoms with van der Waals surface area (Å²) in [5, 5.41) is 11.7. The highest BCUT2D eigenvalue weighted by atomic mass is 16.4. The maximum Gasteiger partial charge on any atom is 0.326 e. The van der Waals surface area contributed by atoms with Crippen LogP contribution < -0.4 is 5.32 Å². The van der Waals surface area contributed by atoms with Crippen LogP contribution in [0.25, 0.3) is 0 Å². The molecule has 4 fully saturated rings. The zero-order chi connectivity index (χ0) is 12.8. The van der Waals surface area contributed by atoms with Crippen molar-refractivity contribution < 1.29 is 14.7 Å². The third kappa shape index (κ3) is 2.02. The van der Waals surface area contributed by atoms with Gasteiger partial charge < -0.3 is 10.4 Å². The van der Waals surface area contributed by atoms with Gasteiger partial charge in [0.2, 0.25) is 6.41 Å². The Hall–Kier alpha value is -1.06. The summed E-state index contributed by atoms with van der Waals surface area (Å²) < 4.78 is 0. The average molecular weight is 251 g/mol. The van der Waals surface area contributed by atoms with Crippen molar-refractivity contribution in [3.8, 4) is 0 Å². The predicted molar refractivity (Wildman–Crippen MR) is 65.8 cm³/mol. The predicted octanol–water partition coefficient (Wildman–Crippen LogP) is 1.79. The van der Waals surface area contributed by atoms with Crippen LogP contribution in [0.1, 0.15) is 44.9 Å². The first kappa shape index (κ1) is 12.0. The number of carbonyl (C=O) groups excluding carboxylic acids is 1. The summed E-state index contributed by atoms with van der Waals surface area (Å²) in [6.45, 7) is 0. The largest absolute Gasteiger partial charge is 0.480 e. The van der Waals surface area contributed by atoms with Gasteiger partial charge in [0.15, 0.2) is 0 Å². The molecule has 4 aliphatic rings. The Morgan fingerprint density at radius 3 is 2.11 bits per heavy atom. The number of aliphatic carboxylic acids is 1. The van der Waals surface area contributed by atoms with E-state index in [1.165, 1.54) is 38.5 Å². The van der Waals surface area contributed by atoms with Crippen LogP contribution in [-0.2, 0) is 9.59 Å². The van der Waals surface area contributed by atoms with E-state index < -0.39 is 12.0 Å². The number of hydrogen-bond acceptors (Lipinski definition) is 2. The average Bonchev–Trinajstić information content (AvgIpc) is 2.26. The molecule has 1 amide bonds. The minimum atomic E-state index is -0.891. The number of nitrogens with one attached hydrogen (secondary N) is 1. The molecular weight excluding hydrogens is 230 g/mol. The molecule has 18 heavy (non-hydrogen) atoms. The molecule has 1 unspecified atom stereocenters. The summed E-state index contributed by atoms with van der Waals surface area (Å²) in [6, 6.07) is -0.696. The van der Waals surface area contributed by atoms with Crippen LogP contribution in [0.3, 0.4) is 0 Å². The summed E-state index contributed by atoms with van der Waals surface area (Å²) in [5.41, 5.74) is 0.202. The normalized spacial score (nSPS) is 42.6. The van der Waals surface area contributed by atoms with E-state index in [0.29, 0.717) is 12.8 Å². The Morgan fingerprint density at radius 1 is 1.22 bits per heavy atom. The van der Waals surface area contributed by atoms with E-state index in [9.17, 15) is 14.7 Å². The second-order valence-corrected chi connectivity index (χ2v) is 6.80. The van der Waals surface area contributed by atoms with Crippen LogP contribution in [0.2, 0.25) is 0 Å². The fourth-order valence-electron chi connectivity index (χ4n) is 5.27. The second-order valence-electron chi connectivity index (χ2n) is 6.80. The van der Waals surface area contributed by atoms with E-state index in [-0.39, 0.29) is 5.41 Å². The molecule has 0 aliphatic heterocycles. The summed E-state index contributed by atoms with van der Waals surface area (Å²) in [6.07, 6.45) is 8.79. The van der Waals surface area contributed by atoms with Gasteiger partial charge in [-0.25, -0.2) is 4.79 Å². The van der Waals surface area contributed by atoms with E-state index in [2.05, 4.69) is 5.32 Å². The van der Waals surface area contributed by atoms with Gasteiger partial charge in [0.05, 0.1) is 0 Å². The number of carboxylic acid groups (broad SMARTS) is 1. The summed E-state index contributed by atoms with van der Waals surface area (Å²) in [5.74, 6) is 1.57. The lowest BCUT2D eigenvalue weighted by atomic mass is 9.48. The molecular formula is C14H21NO3. The van der Waals surface area contributed by atoms with E-state index in [0.717, 1.165) is 17.8 Å². The first-order valence-corrected chi connectivity index (χ1v) is 7.03. The molecule has 1 atom stereocenters. The highest BCUT2D eigenvalue weighted by Crippen LogP contribution is 2.61. The number of carboxylic acids is 1. The second kappa shape index (κ2) is 4.25. The lowest BCUT2D eigenvalue weighted by Gasteiger charge is -2.57. The number of rotatable bonds is 5. The van der Waals surface area contributed by atoms with Crippen LogP contribution in [-0.4, -0.2) is 23.5 Å². The molecule has 100 valence electrons. The summed E-state index contributed by atoms with van der Waals surface area (Å²) in [4.78, 5) is 21.7. The van der Waals surface area contributed by atoms with Crippen LogP contribution in [0.4, 0.5) is 0 Å². The molecule has 4 aliphatic carbocycles. The highest BCUT2D eigenvalue weighted by Gasteiger charge is 2.51. The molecule has 0 aromatic heterocycles. The van der Waals surface area contributed by atoms with Gasteiger partial charge in [-0.1, -0.05) is 0 Å². The molecule has 0 radical (unpaired) electrons. The van der Waals surface area contributed by atoms with Crippen LogP contribution in [0.15, 0.2) is 0 Å². The van der Waals surface area contributed by atoms with Gasteiger partial charge in [0.1, 0.15) is 6.04 Å². The van der Waals surface area contributed by atoms with Gasteiger partial charge in [-0.2, -0.15) is 0 Å². The molecule has 2 N–H and O–H groups in total. The molecule has 0 saturated heterocycles. The molecule has 4 rings (SSSR count). The number of hydrogen-bond donors (Lipinski definition) is 2. The maximum atomic E-state index is 11.2. The molecule has 0 aromatic carbocycles. The topological polar surface area (TPSA) is 66.4 Å². The number of amides is 1. The monoisotopic (exact) mass is 251 g/mol. The van der Waals surface area contributed by atoms with Gasteiger partial charge in [0, 0.05) is 0 Å². The lowest BCUT2D eigenvalue weighted by Crippen LogP contribution is -2.50. The van der Waals surface area contributed by atoms with Gasteiger partial charge in [0.25, 0.3) is 0 Å². The van der Waals surface area contributed by atoms with Gasteiger partial charge in [-0.15, -0.1) is 0 Å². The first-order valence-electron chi connectivity index (χ1n) is 7.03. The Morgan fingerprint density at radius 2 is 1.72 bits per heavy atom. The first-order chi connectivity index (χ1) is 8.60. The van der Waals surface area contributed by atoms with Crippen LogP contribution >= 0.6 is 0 Å². The minimum absolute atomic E-state index is 0.202. The van der Waals surface area contributed by atoms with Crippen molar-refractivity contribution in [3.63, 3.8) is 0 Å². The highest BCUT2D eigenvalue weighted by molar-refractivity contribution is 5.76. The molecule has 0 heterocycles. The molecule has 4 bridgehead atoms. The molecule has 4 saturated carbocycles. The van der Waals surface area contributed by atoms with Crippen molar-refractivity contribution in [1.29, 1.82) is 0 Å². The SMILES string of the molecule is O=CNC(CC12CC3CC(CC(C3)C1)C2)C(=O)O. The Labute approximate surface area is 107 Å². The van der Waals surface area contributed by atoms with E-state index in [1.807, 2.05) is 0 Å². The Kier molecular flexibility index (Phi) is 2.83. The smallest absolute Gasteiger partial charge is 0.326 e. The Bertz CT molecular complexity index is 331. The van der Waals surface area contributed by atoms with Crippen molar-refractivity contribution >= 4 is 12.4 Å². The van der Waals surface area contributed by atoms with Gasteiger partial charge in [-0.3, -0.25) is 4.79 Å². The molecule has 0 aromatic rings. The number of carbonyl (C=O) groups is 2. The van der Waals surface area contributed by atoms with Crippen molar-refractivity contribution in [1.82, 2.24) is 5.32 Å². The van der Waals surface area contributed by atoms with Gasteiger partial charge in [-0.05, 0) is 68.1 Å². The molecule has 4 nitrogen and oxygen atoms in total. The standard InChI is InChI=1S/C14H21NO3/c16-8-15-12(13(17)18)7-14-4-9-1-10(5-14)3-11(2-9)6-14/h8-12H,1-7H2,(H,15,16)(H,17,18). The maximum absolute atomic E-state index is 11.2.